The van der Waals surface area contributed by atoms with Gasteiger partial charge in [0.05, 0.1) is 16.9 Å². The van der Waals surface area contributed by atoms with Crippen LogP contribution in [0.25, 0.3) is 10.9 Å². The lowest BCUT2D eigenvalue weighted by Crippen LogP contribution is -2.38. The van der Waals surface area contributed by atoms with E-state index in [0.717, 1.165) is 54.8 Å². The lowest BCUT2D eigenvalue weighted by molar-refractivity contribution is 0.167. The number of nitrogens with zero attached hydrogens (tertiary/aromatic N) is 4. The third kappa shape index (κ3) is 4.44. The Balaban J connectivity index is 2.10. The highest BCUT2D eigenvalue weighted by atomic mass is 79.9. The van der Waals surface area contributed by atoms with E-state index in [2.05, 4.69) is 46.6 Å². The highest BCUT2D eigenvalue weighted by Crippen LogP contribution is 2.28. The van der Waals surface area contributed by atoms with Gasteiger partial charge in [-0.05, 0) is 44.5 Å². The molecule has 1 unspecified atom stereocenters. The summed E-state index contributed by atoms with van der Waals surface area (Å²) < 4.78 is 2.80. The average molecular weight is 435 g/mol. The highest BCUT2D eigenvalue weighted by Gasteiger charge is 2.28. The summed E-state index contributed by atoms with van der Waals surface area (Å²) in [6, 6.07) is 5.99. The van der Waals surface area contributed by atoms with Gasteiger partial charge in [-0.25, -0.2) is 4.98 Å². The van der Waals surface area contributed by atoms with Crippen LogP contribution in [0.3, 0.4) is 0 Å². The van der Waals surface area contributed by atoms with Crippen molar-refractivity contribution in [3.05, 3.63) is 38.9 Å². The molecule has 1 saturated heterocycles. The summed E-state index contributed by atoms with van der Waals surface area (Å²) in [6.07, 6.45) is 2.09. The highest BCUT2D eigenvalue weighted by molar-refractivity contribution is 9.10. The molecule has 1 aromatic heterocycles. The van der Waals surface area contributed by atoms with E-state index in [1.807, 2.05) is 29.7 Å². The number of aromatic nitrogens is 2. The molecule has 0 saturated carbocycles. The monoisotopic (exact) mass is 434 g/mol. The summed E-state index contributed by atoms with van der Waals surface area (Å²) in [7, 11) is 2.20. The fraction of sp³-hybridized carbons (Fsp3) is 0.619. The molecule has 1 fully saturated rings. The fourth-order valence-electron chi connectivity index (χ4n) is 4.27. The van der Waals surface area contributed by atoms with Crippen LogP contribution in [-0.2, 0) is 6.54 Å². The number of fused-ring (bicyclic) bond motifs is 1. The predicted octanol–water partition coefficient (Wildman–Crippen LogP) is 3.90. The zero-order valence-electron chi connectivity index (χ0n) is 16.9. The molecule has 27 heavy (non-hydrogen) atoms. The SMILES string of the molecule is CCC[C@H](c1nc2ccc(Br)cc2c(=O)n1CC)N1CCN(C)CC(C)C1. The molecule has 2 aromatic rings. The third-order valence-electron chi connectivity index (χ3n) is 5.50. The number of hydrogen-bond donors (Lipinski definition) is 0. The van der Waals surface area contributed by atoms with Crippen molar-refractivity contribution in [2.45, 2.75) is 46.2 Å². The maximum Gasteiger partial charge on any atom is 0.261 e. The van der Waals surface area contributed by atoms with Crippen molar-refractivity contribution in [2.24, 2.45) is 5.92 Å². The standard InChI is InChI=1S/C21H31BrN4O/c1-5-7-19(25-11-10-24(4)13-15(3)14-25)20-23-18-9-8-16(22)12-17(18)21(27)26(20)6-2/h8-9,12,15,19H,5-7,10-11,13-14H2,1-4H3/t15?,19-/m1/s1. The van der Waals surface area contributed by atoms with Gasteiger partial charge in [0, 0.05) is 37.2 Å². The Morgan fingerprint density at radius 3 is 2.74 bits per heavy atom. The number of hydrogen-bond acceptors (Lipinski definition) is 4. The van der Waals surface area contributed by atoms with Crippen molar-refractivity contribution in [1.29, 1.82) is 0 Å². The maximum absolute atomic E-state index is 13.2. The van der Waals surface area contributed by atoms with Crippen molar-refractivity contribution < 1.29 is 0 Å². The summed E-state index contributed by atoms with van der Waals surface area (Å²) >= 11 is 3.48. The van der Waals surface area contributed by atoms with Crippen LogP contribution in [-0.4, -0.2) is 52.6 Å². The molecule has 0 aliphatic carbocycles. The molecular weight excluding hydrogens is 404 g/mol. The molecular formula is C21H31BrN4O. The van der Waals surface area contributed by atoms with Crippen LogP contribution < -0.4 is 5.56 Å². The van der Waals surface area contributed by atoms with E-state index in [4.69, 9.17) is 4.98 Å². The van der Waals surface area contributed by atoms with Gasteiger partial charge in [0.2, 0.25) is 0 Å². The van der Waals surface area contributed by atoms with Gasteiger partial charge >= 0.3 is 0 Å². The molecule has 0 amide bonds. The molecule has 0 radical (unpaired) electrons. The third-order valence-corrected chi connectivity index (χ3v) is 5.99. The van der Waals surface area contributed by atoms with Crippen molar-refractivity contribution in [1.82, 2.24) is 19.4 Å². The van der Waals surface area contributed by atoms with E-state index in [-0.39, 0.29) is 11.6 Å². The molecule has 1 aromatic carbocycles. The Bertz CT molecular complexity index is 850. The number of likely N-dealkylation sites (N-methyl/N-ethyl adjacent to an activating group) is 1. The first-order valence-corrected chi connectivity index (χ1v) is 10.9. The Labute approximate surface area is 170 Å². The average Bonchev–Trinajstić information content (AvgIpc) is 2.80. The van der Waals surface area contributed by atoms with Crippen molar-refractivity contribution in [3.8, 4) is 0 Å². The van der Waals surface area contributed by atoms with Crippen LogP contribution in [0.1, 0.15) is 45.5 Å². The molecule has 2 heterocycles. The van der Waals surface area contributed by atoms with Crippen LogP contribution in [0.4, 0.5) is 0 Å². The largest absolute Gasteiger partial charge is 0.305 e. The molecule has 1 aliphatic heterocycles. The number of rotatable bonds is 5. The van der Waals surface area contributed by atoms with Crippen LogP contribution in [0.15, 0.2) is 27.5 Å². The second-order valence-electron chi connectivity index (χ2n) is 7.85. The zero-order chi connectivity index (χ0) is 19.6. The van der Waals surface area contributed by atoms with Crippen molar-refractivity contribution in [2.75, 3.05) is 33.2 Å². The van der Waals surface area contributed by atoms with Gasteiger partial charge in [-0.2, -0.15) is 0 Å². The van der Waals surface area contributed by atoms with Gasteiger partial charge in [-0.3, -0.25) is 14.3 Å². The Hall–Kier alpha value is -1.24. The van der Waals surface area contributed by atoms with Crippen LogP contribution in [0.5, 0.6) is 0 Å². The Morgan fingerprint density at radius 1 is 1.26 bits per heavy atom. The Morgan fingerprint density at radius 2 is 2.04 bits per heavy atom. The minimum absolute atomic E-state index is 0.0693. The smallest absolute Gasteiger partial charge is 0.261 e. The second kappa shape index (κ2) is 8.84. The summed E-state index contributed by atoms with van der Waals surface area (Å²) in [6.45, 7) is 11.5. The van der Waals surface area contributed by atoms with Crippen LogP contribution >= 0.6 is 15.9 Å². The topological polar surface area (TPSA) is 41.4 Å². The fourth-order valence-corrected chi connectivity index (χ4v) is 4.63. The first kappa shape index (κ1) is 20.5. The molecule has 3 rings (SSSR count). The zero-order valence-corrected chi connectivity index (χ0v) is 18.5. The van der Waals surface area contributed by atoms with Crippen molar-refractivity contribution in [3.63, 3.8) is 0 Å². The lowest BCUT2D eigenvalue weighted by Gasteiger charge is -2.32. The normalized spacial score (nSPS) is 20.7. The number of benzene rings is 1. The van der Waals surface area contributed by atoms with Gasteiger partial charge in [0.15, 0.2) is 0 Å². The van der Waals surface area contributed by atoms with Gasteiger partial charge in [-0.15, -0.1) is 0 Å². The molecule has 1 aliphatic rings. The minimum Gasteiger partial charge on any atom is -0.305 e. The summed E-state index contributed by atoms with van der Waals surface area (Å²) in [5.74, 6) is 1.53. The number of halogens is 1. The quantitative estimate of drug-likeness (QED) is 0.715. The molecule has 6 heteroatoms. The predicted molar refractivity (Wildman–Crippen MR) is 115 cm³/mol. The Kier molecular flexibility index (Phi) is 6.71. The summed E-state index contributed by atoms with van der Waals surface area (Å²) in [5, 5.41) is 0.689. The van der Waals surface area contributed by atoms with E-state index in [0.29, 0.717) is 17.8 Å². The summed E-state index contributed by atoms with van der Waals surface area (Å²) in [4.78, 5) is 23.1. The second-order valence-corrected chi connectivity index (χ2v) is 8.76. The first-order chi connectivity index (χ1) is 12.9. The maximum atomic E-state index is 13.2. The molecule has 2 atom stereocenters. The van der Waals surface area contributed by atoms with E-state index in [1.54, 1.807) is 0 Å². The van der Waals surface area contributed by atoms with Crippen LogP contribution in [0, 0.1) is 5.92 Å². The molecule has 0 N–H and O–H groups in total. The van der Waals surface area contributed by atoms with Gasteiger partial charge in [0.25, 0.3) is 5.56 Å². The summed E-state index contributed by atoms with van der Waals surface area (Å²) in [5.41, 5.74) is 0.865. The van der Waals surface area contributed by atoms with E-state index < -0.39 is 0 Å². The van der Waals surface area contributed by atoms with Gasteiger partial charge in [-0.1, -0.05) is 36.2 Å². The van der Waals surface area contributed by atoms with Gasteiger partial charge in [0.1, 0.15) is 5.82 Å². The molecule has 148 valence electrons. The lowest BCUT2D eigenvalue weighted by atomic mass is 10.1. The van der Waals surface area contributed by atoms with Crippen LogP contribution in [0.2, 0.25) is 0 Å². The van der Waals surface area contributed by atoms with Crippen molar-refractivity contribution >= 4 is 26.8 Å². The van der Waals surface area contributed by atoms with E-state index in [9.17, 15) is 4.79 Å². The molecule has 5 nitrogen and oxygen atoms in total. The minimum atomic E-state index is 0.0693. The van der Waals surface area contributed by atoms with Gasteiger partial charge < -0.3 is 4.90 Å². The first-order valence-electron chi connectivity index (χ1n) is 10.1. The van der Waals surface area contributed by atoms with E-state index in [1.165, 1.54) is 0 Å². The molecule has 0 bridgehead atoms. The molecule has 0 spiro atoms. The van der Waals surface area contributed by atoms with E-state index >= 15 is 0 Å².